The number of halogens is 1. The van der Waals surface area contributed by atoms with E-state index in [0.717, 1.165) is 0 Å². The van der Waals surface area contributed by atoms with Crippen LogP contribution in [-0.2, 0) is 0 Å². The molecule has 1 heterocycles. The number of aliphatic hydroxyl groups is 1. The van der Waals surface area contributed by atoms with E-state index in [1.54, 1.807) is 13.8 Å². The van der Waals surface area contributed by atoms with E-state index in [1.807, 2.05) is 0 Å². The third-order valence-corrected chi connectivity index (χ3v) is 2.18. The van der Waals surface area contributed by atoms with E-state index in [4.69, 9.17) is 17.3 Å². The molecular formula is C11H14ClN3O3. The van der Waals surface area contributed by atoms with Crippen molar-refractivity contribution in [2.24, 2.45) is 5.73 Å². The lowest BCUT2D eigenvalue weighted by molar-refractivity contribution is 0.0694. The number of carbonyl (C=O) groups is 2. The van der Waals surface area contributed by atoms with Crippen LogP contribution in [0.1, 0.15) is 34.7 Å². The van der Waals surface area contributed by atoms with Gasteiger partial charge >= 0.3 is 0 Å². The Morgan fingerprint density at radius 1 is 1.50 bits per heavy atom. The molecule has 6 nitrogen and oxygen atoms in total. The van der Waals surface area contributed by atoms with Crippen LogP contribution in [0.4, 0.5) is 0 Å². The molecule has 0 spiro atoms. The first kappa shape index (κ1) is 14.4. The number of nitrogens with two attached hydrogens (primary N) is 1. The smallest absolute Gasteiger partial charge is 0.267 e. The Bertz CT molecular complexity index is 483. The maximum absolute atomic E-state index is 11.8. The molecule has 18 heavy (non-hydrogen) atoms. The summed E-state index contributed by atoms with van der Waals surface area (Å²) in [4.78, 5) is 26.4. The molecule has 98 valence electrons. The van der Waals surface area contributed by atoms with Gasteiger partial charge in [-0.05, 0) is 26.0 Å². The summed E-state index contributed by atoms with van der Waals surface area (Å²) in [6, 6.07) is 2.56. The number of amides is 2. The summed E-state index contributed by atoms with van der Waals surface area (Å²) in [7, 11) is 0. The Labute approximate surface area is 109 Å². The number of rotatable bonds is 4. The van der Waals surface area contributed by atoms with Gasteiger partial charge < -0.3 is 16.2 Å². The molecule has 1 aromatic rings. The van der Waals surface area contributed by atoms with Gasteiger partial charge in [0.1, 0.15) is 10.8 Å². The fourth-order valence-electron chi connectivity index (χ4n) is 1.15. The Hall–Kier alpha value is -1.66. The lowest BCUT2D eigenvalue weighted by Gasteiger charge is -2.17. The van der Waals surface area contributed by atoms with Crippen LogP contribution in [0, 0.1) is 0 Å². The molecule has 0 radical (unpaired) electrons. The first-order valence-corrected chi connectivity index (χ1v) is 5.55. The van der Waals surface area contributed by atoms with Crippen LogP contribution in [0.2, 0.25) is 5.15 Å². The predicted molar refractivity (Wildman–Crippen MR) is 66.4 cm³/mol. The van der Waals surface area contributed by atoms with Gasteiger partial charge in [-0.2, -0.15) is 0 Å². The van der Waals surface area contributed by atoms with Crippen LogP contribution in [0.5, 0.6) is 0 Å². The molecule has 0 fully saturated rings. The van der Waals surface area contributed by atoms with Gasteiger partial charge in [0.15, 0.2) is 0 Å². The van der Waals surface area contributed by atoms with Gasteiger partial charge in [0.2, 0.25) is 0 Å². The maximum atomic E-state index is 11.8. The average molecular weight is 272 g/mol. The van der Waals surface area contributed by atoms with Gasteiger partial charge in [-0.25, -0.2) is 4.98 Å². The lowest BCUT2D eigenvalue weighted by Crippen LogP contribution is -2.38. The molecule has 0 atom stereocenters. The van der Waals surface area contributed by atoms with Crippen molar-refractivity contribution < 1.29 is 14.7 Å². The Morgan fingerprint density at radius 2 is 2.11 bits per heavy atom. The first-order valence-electron chi connectivity index (χ1n) is 5.17. The number of aromatic nitrogens is 1. The van der Waals surface area contributed by atoms with Gasteiger partial charge in [-0.15, -0.1) is 0 Å². The molecule has 0 unspecified atom stereocenters. The largest absolute Gasteiger partial charge is 0.389 e. The molecule has 0 aromatic carbocycles. The summed E-state index contributed by atoms with van der Waals surface area (Å²) in [5, 5.41) is 12.0. The number of nitrogens with one attached hydrogen (secondary N) is 1. The van der Waals surface area contributed by atoms with E-state index in [9.17, 15) is 14.7 Å². The molecule has 0 aliphatic rings. The Kier molecular flexibility index (Phi) is 4.26. The molecule has 0 saturated carbocycles. The number of carbonyl (C=O) groups excluding carboxylic acids is 2. The van der Waals surface area contributed by atoms with Crippen LogP contribution >= 0.6 is 11.6 Å². The topological polar surface area (TPSA) is 105 Å². The SMILES string of the molecule is CC(C)(O)CNC(=O)c1cc(Cl)nc(C(N)=O)c1. The highest BCUT2D eigenvalue weighted by Crippen LogP contribution is 2.11. The summed E-state index contributed by atoms with van der Waals surface area (Å²) in [5.41, 5.74) is 4.11. The molecule has 7 heteroatoms. The van der Waals surface area contributed by atoms with Crippen molar-refractivity contribution in [3.63, 3.8) is 0 Å². The number of primary amides is 1. The number of pyridine rings is 1. The van der Waals surface area contributed by atoms with Crippen LogP contribution in [0.3, 0.4) is 0 Å². The molecule has 4 N–H and O–H groups in total. The zero-order valence-corrected chi connectivity index (χ0v) is 10.8. The van der Waals surface area contributed by atoms with Crippen molar-refractivity contribution >= 4 is 23.4 Å². The second-order valence-electron chi connectivity index (χ2n) is 4.42. The molecular weight excluding hydrogens is 258 g/mol. The quantitative estimate of drug-likeness (QED) is 0.687. The van der Waals surface area contributed by atoms with E-state index < -0.39 is 17.4 Å². The molecule has 0 bridgehead atoms. The van der Waals surface area contributed by atoms with E-state index in [0.29, 0.717) is 0 Å². The van der Waals surface area contributed by atoms with Gasteiger partial charge in [-0.1, -0.05) is 11.6 Å². The highest BCUT2D eigenvalue weighted by molar-refractivity contribution is 6.30. The lowest BCUT2D eigenvalue weighted by atomic mass is 10.1. The third-order valence-electron chi connectivity index (χ3n) is 1.99. The van der Waals surface area contributed by atoms with Gasteiger partial charge in [0.25, 0.3) is 11.8 Å². The minimum Gasteiger partial charge on any atom is -0.389 e. The fraction of sp³-hybridized carbons (Fsp3) is 0.364. The van der Waals surface area contributed by atoms with E-state index in [1.165, 1.54) is 12.1 Å². The first-order chi connectivity index (χ1) is 8.19. The zero-order valence-electron chi connectivity index (χ0n) is 10.0. The zero-order chi connectivity index (χ0) is 13.9. The Morgan fingerprint density at radius 3 is 2.61 bits per heavy atom. The second-order valence-corrected chi connectivity index (χ2v) is 4.81. The predicted octanol–water partition coefficient (Wildman–Crippen LogP) is 0.335. The summed E-state index contributed by atoms with van der Waals surface area (Å²) >= 11 is 5.68. The van der Waals surface area contributed by atoms with Crippen LogP contribution < -0.4 is 11.1 Å². The molecule has 1 rings (SSSR count). The highest BCUT2D eigenvalue weighted by atomic mass is 35.5. The van der Waals surface area contributed by atoms with Crippen molar-refractivity contribution in [2.75, 3.05) is 6.54 Å². The number of nitrogens with zero attached hydrogens (tertiary/aromatic N) is 1. The number of hydrogen-bond acceptors (Lipinski definition) is 4. The van der Waals surface area contributed by atoms with Gasteiger partial charge in [0, 0.05) is 12.1 Å². The van der Waals surface area contributed by atoms with E-state index in [-0.39, 0.29) is 23.0 Å². The summed E-state index contributed by atoms with van der Waals surface area (Å²) < 4.78 is 0. The molecule has 0 aliphatic heterocycles. The minimum absolute atomic E-state index is 0.000270. The third kappa shape index (κ3) is 4.31. The molecule has 2 amide bonds. The molecule has 0 saturated heterocycles. The summed E-state index contributed by atoms with van der Waals surface area (Å²) in [5.74, 6) is -1.24. The van der Waals surface area contributed by atoms with Crippen LogP contribution in [-0.4, -0.2) is 34.1 Å². The van der Waals surface area contributed by atoms with Gasteiger partial charge in [-0.3, -0.25) is 9.59 Å². The number of hydrogen-bond donors (Lipinski definition) is 3. The monoisotopic (exact) mass is 271 g/mol. The maximum Gasteiger partial charge on any atom is 0.267 e. The van der Waals surface area contributed by atoms with E-state index in [2.05, 4.69) is 10.3 Å². The molecule has 0 aliphatic carbocycles. The van der Waals surface area contributed by atoms with Crippen molar-refractivity contribution in [2.45, 2.75) is 19.4 Å². The molecule has 1 aromatic heterocycles. The van der Waals surface area contributed by atoms with Crippen LogP contribution in [0.15, 0.2) is 12.1 Å². The highest BCUT2D eigenvalue weighted by Gasteiger charge is 2.16. The normalized spacial score (nSPS) is 11.1. The van der Waals surface area contributed by atoms with Gasteiger partial charge in [0.05, 0.1) is 5.60 Å². The summed E-state index contributed by atoms with van der Waals surface area (Å²) in [6.07, 6.45) is 0. The van der Waals surface area contributed by atoms with E-state index >= 15 is 0 Å². The van der Waals surface area contributed by atoms with Crippen molar-refractivity contribution in [1.29, 1.82) is 0 Å². The standard InChI is InChI=1S/C11H14ClN3O3/c1-11(2,18)5-14-10(17)6-3-7(9(13)16)15-8(12)4-6/h3-4,18H,5H2,1-2H3,(H2,13,16)(H,14,17). The second kappa shape index (κ2) is 5.32. The Balaban J connectivity index is 2.89. The van der Waals surface area contributed by atoms with Crippen molar-refractivity contribution in [3.8, 4) is 0 Å². The van der Waals surface area contributed by atoms with Crippen molar-refractivity contribution in [3.05, 3.63) is 28.5 Å². The summed E-state index contributed by atoms with van der Waals surface area (Å²) in [6.45, 7) is 3.18. The average Bonchev–Trinajstić information content (AvgIpc) is 2.23. The van der Waals surface area contributed by atoms with Crippen LogP contribution in [0.25, 0.3) is 0 Å². The fourth-order valence-corrected chi connectivity index (χ4v) is 1.36. The minimum atomic E-state index is -1.03. The van der Waals surface area contributed by atoms with Crippen molar-refractivity contribution in [1.82, 2.24) is 10.3 Å².